The lowest BCUT2D eigenvalue weighted by Crippen LogP contribution is -2.22. The predicted octanol–water partition coefficient (Wildman–Crippen LogP) is 6.40. The molecule has 0 radical (unpaired) electrons. The fourth-order valence-corrected chi connectivity index (χ4v) is 4.44. The van der Waals surface area contributed by atoms with Crippen molar-refractivity contribution in [3.8, 4) is 16.9 Å². The number of carbonyl (C=O) groups excluding carboxylic acids is 2. The second kappa shape index (κ2) is 8.69. The fraction of sp³-hybridized carbons (Fsp3) is 0.222. The van der Waals surface area contributed by atoms with Gasteiger partial charge in [-0.1, -0.05) is 35.9 Å². The van der Waals surface area contributed by atoms with Crippen molar-refractivity contribution in [2.45, 2.75) is 26.2 Å². The number of fused-ring (bicyclic) bond motifs is 1. The van der Waals surface area contributed by atoms with Gasteiger partial charge in [0.2, 0.25) is 0 Å². The van der Waals surface area contributed by atoms with Gasteiger partial charge in [0.15, 0.2) is 5.78 Å². The number of rotatable bonds is 7. The molecule has 0 atom stereocenters. The van der Waals surface area contributed by atoms with Crippen molar-refractivity contribution in [1.29, 1.82) is 0 Å². The van der Waals surface area contributed by atoms with Crippen LogP contribution in [0.4, 0.5) is 4.39 Å². The Morgan fingerprint density at radius 2 is 1.82 bits per heavy atom. The van der Waals surface area contributed by atoms with Crippen molar-refractivity contribution in [3.63, 3.8) is 0 Å². The number of aromatic nitrogens is 2. The highest BCUT2D eigenvalue weighted by atomic mass is 35.5. The van der Waals surface area contributed by atoms with Crippen LogP contribution in [0.2, 0.25) is 5.02 Å². The molecule has 0 spiro atoms. The number of benzene rings is 3. The number of ether oxygens (including phenoxy) is 1. The number of Topliss-reactive ketones (excluding diaryl/α,β-unsaturated/α-hetero) is 1. The Bertz CT molecular complexity index is 1410. The lowest BCUT2D eigenvalue weighted by molar-refractivity contribution is -0.149. The van der Waals surface area contributed by atoms with Crippen molar-refractivity contribution < 1.29 is 18.7 Å². The molecule has 1 saturated carbocycles. The van der Waals surface area contributed by atoms with E-state index >= 15 is 0 Å². The first-order chi connectivity index (χ1) is 16.4. The van der Waals surface area contributed by atoms with Crippen LogP contribution in [0.5, 0.6) is 0 Å². The molecule has 1 aromatic heterocycles. The molecular weight excluding hydrogens is 455 g/mol. The summed E-state index contributed by atoms with van der Waals surface area (Å²) in [5.41, 5.74) is 2.54. The number of halogens is 2. The van der Waals surface area contributed by atoms with Crippen LogP contribution in [-0.4, -0.2) is 28.1 Å². The third-order valence-corrected chi connectivity index (χ3v) is 6.59. The van der Waals surface area contributed by atoms with Crippen molar-refractivity contribution in [2.24, 2.45) is 5.41 Å². The number of hydrogen-bond donors (Lipinski definition) is 0. The van der Waals surface area contributed by atoms with E-state index in [1.807, 2.05) is 24.3 Å². The van der Waals surface area contributed by atoms with Gasteiger partial charge in [-0.05, 0) is 62.2 Å². The van der Waals surface area contributed by atoms with E-state index in [4.69, 9.17) is 21.4 Å². The van der Waals surface area contributed by atoms with Gasteiger partial charge >= 0.3 is 5.97 Å². The van der Waals surface area contributed by atoms with E-state index in [9.17, 15) is 14.0 Å². The lowest BCUT2D eigenvalue weighted by atomic mass is 9.95. The molecule has 0 bridgehead atoms. The average molecular weight is 477 g/mol. The third kappa shape index (κ3) is 3.99. The van der Waals surface area contributed by atoms with Gasteiger partial charge in [0.1, 0.15) is 11.5 Å². The van der Waals surface area contributed by atoms with Crippen LogP contribution >= 0.6 is 11.6 Å². The van der Waals surface area contributed by atoms with E-state index < -0.39 is 5.41 Å². The van der Waals surface area contributed by atoms with Gasteiger partial charge in [0.25, 0.3) is 0 Å². The minimum Gasteiger partial charge on any atom is -0.466 e. The van der Waals surface area contributed by atoms with Gasteiger partial charge in [-0.2, -0.15) is 5.10 Å². The van der Waals surface area contributed by atoms with Gasteiger partial charge in [-0.25, -0.2) is 9.07 Å². The van der Waals surface area contributed by atoms with Crippen LogP contribution in [0.3, 0.4) is 0 Å². The number of hydrogen-bond acceptors (Lipinski definition) is 4. The first kappa shape index (κ1) is 22.3. The van der Waals surface area contributed by atoms with E-state index in [-0.39, 0.29) is 24.0 Å². The minimum absolute atomic E-state index is 0.111. The molecule has 172 valence electrons. The first-order valence-corrected chi connectivity index (χ1v) is 11.5. The predicted molar refractivity (Wildman–Crippen MR) is 129 cm³/mol. The molecule has 0 aliphatic heterocycles. The summed E-state index contributed by atoms with van der Waals surface area (Å²) in [5.74, 6) is -0.781. The van der Waals surface area contributed by atoms with Gasteiger partial charge in [-0.15, -0.1) is 0 Å². The topological polar surface area (TPSA) is 61.2 Å². The van der Waals surface area contributed by atoms with Crippen LogP contribution in [-0.2, 0) is 9.53 Å². The quantitative estimate of drug-likeness (QED) is 0.229. The fourth-order valence-electron chi connectivity index (χ4n) is 4.22. The molecule has 0 saturated heterocycles. The SMILES string of the molecule is CCOC(=O)C1(CC(=O)c2ccc3c(-c4ccccc4Cl)nn(-c4ccc(F)cc4)c3c2)CC1. The van der Waals surface area contributed by atoms with Gasteiger partial charge in [0, 0.05) is 22.9 Å². The maximum atomic E-state index is 13.6. The Labute approximate surface area is 201 Å². The Kier molecular flexibility index (Phi) is 5.70. The van der Waals surface area contributed by atoms with Crippen LogP contribution in [0, 0.1) is 11.2 Å². The molecule has 1 heterocycles. The average Bonchev–Trinajstić information content (AvgIpc) is 3.53. The van der Waals surface area contributed by atoms with E-state index in [0.717, 1.165) is 10.9 Å². The molecule has 3 aromatic carbocycles. The molecule has 1 fully saturated rings. The summed E-state index contributed by atoms with van der Waals surface area (Å²) >= 11 is 6.46. The highest BCUT2D eigenvalue weighted by molar-refractivity contribution is 6.33. The van der Waals surface area contributed by atoms with Crippen molar-refractivity contribution in [1.82, 2.24) is 9.78 Å². The molecule has 1 aliphatic rings. The maximum Gasteiger partial charge on any atom is 0.312 e. The highest BCUT2D eigenvalue weighted by Crippen LogP contribution is 2.50. The highest BCUT2D eigenvalue weighted by Gasteiger charge is 2.52. The number of ketones is 1. The normalized spacial score (nSPS) is 14.2. The summed E-state index contributed by atoms with van der Waals surface area (Å²) in [4.78, 5) is 25.5. The van der Waals surface area contributed by atoms with E-state index in [1.165, 1.54) is 12.1 Å². The van der Waals surface area contributed by atoms with Gasteiger partial charge in [0.05, 0.1) is 28.2 Å². The molecule has 0 N–H and O–H groups in total. The van der Waals surface area contributed by atoms with Crippen LogP contribution in [0.15, 0.2) is 66.7 Å². The monoisotopic (exact) mass is 476 g/mol. The Morgan fingerprint density at radius 3 is 2.50 bits per heavy atom. The Morgan fingerprint density at radius 1 is 1.09 bits per heavy atom. The summed E-state index contributed by atoms with van der Waals surface area (Å²) in [6.07, 6.45) is 1.42. The third-order valence-electron chi connectivity index (χ3n) is 6.26. The zero-order valence-corrected chi connectivity index (χ0v) is 19.3. The molecule has 34 heavy (non-hydrogen) atoms. The number of nitrogens with zero attached hydrogens (tertiary/aromatic N) is 2. The largest absolute Gasteiger partial charge is 0.466 e. The second-order valence-electron chi connectivity index (χ2n) is 8.55. The van der Waals surface area contributed by atoms with E-state index in [2.05, 4.69) is 0 Å². The smallest absolute Gasteiger partial charge is 0.312 e. The zero-order valence-electron chi connectivity index (χ0n) is 18.6. The first-order valence-electron chi connectivity index (χ1n) is 11.2. The van der Waals surface area contributed by atoms with E-state index in [0.29, 0.717) is 46.9 Å². The molecule has 4 aromatic rings. The van der Waals surface area contributed by atoms with Crippen molar-refractivity contribution in [3.05, 3.63) is 83.1 Å². The molecular formula is C27H22ClFN2O3. The van der Waals surface area contributed by atoms with Crippen LogP contribution in [0.1, 0.15) is 36.5 Å². The molecule has 0 amide bonds. The van der Waals surface area contributed by atoms with Crippen LogP contribution in [0.25, 0.3) is 27.8 Å². The maximum absolute atomic E-state index is 13.6. The Hall–Kier alpha value is -3.51. The van der Waals surface area contributed by atoms with Crippen LogP contribution < -0.4 is 0 Å². The Balaban J connectivity index is 1.60. The van der Waals surface area contributed by atoms with E-state index in [1.54, 1.807) is 41.9 Å². The summed E-state index contributed by atoms with van der Waals surface area (Å²) in [7, 11) is 0. The molecule has 5 rings (SSSR count). The van der Waals surface area contributed by atoms with Crippen molar-refractivity contribution >= 4 is 34.3 Å². The summed E-state index contributed by atoms with van der Waals surface area (Å²) in [6.45, 7) is 2.05. The second-order valence-corrected chi connectivity index (χ2v) is 8.96. The summed E-state index contributed by atoms with van der Waals surface area (Å²) in [6, 6.07) is 18.8. The summed E-state index contributed by atoms with van der Waals surface area (Å²) in [5, 5.41) is 6.14. The number of carbonyl (C=O) groups is 2. The molecule has 0 unspecified atom stereocenters. The lowest BCUT2D eigenvalue weighted by Gasteiger charge is -2.13. The standard InChI is InChI=1S/C27H22ClFN2O3/c1-2-34-26(33)27(13-14-27)16-24(32)17-7-12-21-23(15-17)31(19-10-8-18(29)9-11-19)30-25(21)20-5-3-4-6-22(20)28/h3-12,15H,2,13-14,16H2,1H3. The van der Waals surface area contributed by atoms with Gasteiger partial charge < -0.3 is 4.74 Å². The summed E-state index contributed by atoms with van der Waals surface area (Å²) < 4.78 is 20.4. The number of esters is 1. The minimum atomic E-state index is -0.706. The molecule has 1 aliphatic carbocycles. The zero-order chi connectivity index (χ0) is 23.9. The molecule has 5 nitrogen and oxygen atoms in total. The molecule has 7 heteroatoms. The van der Waals surface area contributed by atoms with Crippen molar-refractivity contribution in [2.75, 3.05) is 6.61 Å². The van der Waals surface area contributed by atoms with Gasteiger partial charge in [-0.3, -0.25) is 9.59 Å².